The molecule has 1 aromatic heterocycles. The highest BCUT2D eigenvalue weighted by molar-refractivity contribution is 5.82. The molecule has 0 bridgehead atoms. The Labute approximate surface area is 141 Å². The third-order valence-electron chi connectivity index (χ3n) is 4.71. The number of nitrogens with zero attached hydrogens (tertiary/aromatic N) is 3. The Hall–Kier alpha value is -2.58. The summed E-state index contributed by atoms with van der Waals surface area (Å²) in [4.78, 5) is 21.8. The highest BCUT2D eigenvalue weighted by atomic mass is 19.3. The average molecular weight is 353 g/mol. The fraction of sp³-hybridized carbons (Fsp3) is 0.500. The summed E-state index contributed by atoms with van der Waals surface area (Å²) in [5.41, 5.74) is -0.926. The van der Waals surface area contributed by atoms with Crippen LogP contribution in [0.15, 0.2) is 18.3 Å². The van der Waals surface area contributed by atoms with E-state index in [1.807, 2.05) is 0 Å². The van der Waals surface area contributed by atoms with Crippen molar-refractivity contribution in [1.29, 1.82) is 0 Å². The highest BCUT2D eigenvalue weighted by Crippen LogP contribution is 2.36. The Balaban J connectivity index is 1.87. The molecule has 9 heteroatoms. The Bertz CT molecular complexity index is 813. The molecule has 0 saturated heterocycles. The summed E-state index contributed by atoms with van der Waals surface area (Å²) in [6.45, 7) is 0. The number of carbonyl (C=O) groups is 1. The summed E-state index contributed by atoms with van der Waals surface area (Å²) in [6.07, 6.45) is 1.44. The predicted molar refractivity (Wildman–Crippen MR) is 84.4 cm³/mol. The first-order chi connectivity index (χ1) is 11.9. The Morgan fingerprint density at radius 1 is 1.36 bits per heavy atom. The summed E-state index contributed by atoms with van der Waals surface area (Å²) in [7, 11) is 1.36. The molecule has 25 heavy (non-hydrogen) atoms. The van der Waals surface area contributed by atoms with Crippen molar-refractivity contribution in [1.82, 2.24) is 9.78 Å². The van der Waals surface area contributed by atoms with E-state index in [0.29, 0.717) is 36.6 Å². The SMILES string of the molecule is COC(=O)C1CCC(n2cc3cc([N+](=O)[O-])c(C(F)F)cc3n2)CC1. The number of rotatable bonds is 4. The van der Waals surface area contributed by atoms with E-state index in [0.717, 1.165) is 12.1 Å². The summed E-state index contributed by atoms with van der Waals surface area (Å²) in [5.74, 6) is -0.348. The number of halogens is 2. The first kappa shape index (κ1) is 17.2. The van der Waals surface area contributed by atoms with E-state index in [4.69, 9.17) is 4.74 Å². The topological polar surface area (TPSA) is 87.3 Å². The molecule has 1 aliphatic carbocycles. The maximum absolute atomic E-state index is 13.0. The van der Waals surface area contributed by atoms with Gasteiger partial charge in [-0.25, -0.2) is 8.78 Å². The molecule has 0 spiro atoms. The van der Waals surface area contributed by atoms with Crippen LogP contribution in [-0.2, 0) is 9.53 Å². The van der Waals surface area contributed by atoms with Gasteiger partial charge in [-0.3, -0.25) is 19.6 Å². The van der Waals surface area contributed by atoms with Crippen LogP contribution in [-0.4, -0.2) is 27.8 Å². The molecule has 3 rings (SSSR count). The minimum absolute atomic E-state index is 0.0300. The molecule has 1 saturated carbocycles. The van der Waals surface area contributed by atoms with Crippen LogP contribution in [0.3, 0.4) is 0 Å². The van der Waals surface area contributed by atoms with Gasteiger partial charge in [-0.15, -0.1) is 0 Å². The summed E-state index contributed by atoms with van der Waals surface area (Å²) in [5, 5.41) is 15.8. The quantitative estimate of drug-likeness (QED) is 0.474. The zero-order valence-corrected chi connectivity index (χ0v) is 13.5. The van der Waals surface area contributed by atoms with Crippen LogP contribution in [0.5, 0.6) is 0 Å². The zero-order chi connectivity index (χ0) is 18.1. The largest absolute Gasteiger partial charge is 0.469 e. The van der Waals surface area contributed by atoms with E-state index in [1.54, 1.807) is 10.9 Å². The number of carbonyl (C=O) groups excluding carboxylic acids is 1. The van der Waals surface area contributed by atoms with Crippen molar-refractivity contribution in [2.24, 2.45) is 5.92 Å². The van der Waals surface area contributed by atoms with Crippen molar-refractivity contribution in [3.8, 4) is 0 Å². The van der Waals surface area contributed by atoms with Crippen molar-refractivity contribution < 1.29 is 23.2 Å². The number of nitro benzene ring substituents is 1. The lowest BCUT2D eigenvalue weighted by molar-refractivity contribution is -0.386. The van der Waals surface area contributed by atoms with Crippen LogP contribution in [0.1, 0.15) is 43.7 Å². The van der Waals surface area contributed by atoms with Gasteiger partial charge in [0.15, 0.2) is 0 Å². The van der Waals surface area contributed by atoms with E-state index >= 15 is 0 Å². The number of esters is 1. The van der Waals surface area contributed by atoms with Gasteiger partial charge < -0.3 is 4.74 Å². The average Bonchev–Trinajstić information content (AvgIpc) is 3.03. The molecular formula is C16H17F2N3O4. The molecule has 0 radical (unpaired) electrons. The van der Waals surface area contributed by atoms with E-state index in [9.17, 15) is 23.7 Å². The summed E-state index contributed by atoms with van der Waals surface area (Å²) in [6, 6.07) is 2.25. The number of nitro groups is 1. The monoisotopic (exact) mass is 353 g/mol. The van der Waals surface area contributed by atoms with E-state index in [1.165, 1.54) is 7.11 Å². The van der Waals surface area contributed by atoms with Crippen molar-refractivity contribution in [2.45, 2.75) is 38.2 Å². The number of ether oxygens (including phenoxy) is 1. The van der Waals surface area contributed by atoms with Crippen molar-refractivity contribution in [2.75, 3.05) is 7.11 Å². The van der Waals surface area contributed by atoms with E-state index in [2.05, 4.69) is 5.10 Å². The van der Waals surface area contributed by atoms with Crippen molar-refractivity contribution in [3.05, 3.63) is 34.0 Å². The van der Waals surface area contributed by atoms with Crippen LogP contribution in [0, 0.1) is 16.0 Å². The van der Waals surface area contributed by atoms with Gasteiger partial charge in [-0.2, -0.15) is 5.10 Å². The third-order valence-corrected chi connectivity index (χ3v) is 4.71. The first-order valence-corrected chi connectivity index (χ1v) is 7.94. The van der Waals surface area contributed by atoms with Crippen molar-refractivity contribution in [3.63, 3.8) is 0 Å². The number of fused-ring (bicyclic) bond motifs is 1. The van der Waals surface area contributed by atoms with Crippen LogP contribution in [0.2, 0.25) is 0 Å². The lowest BCUT2D eigenvalue weighted by atomic mass is 9.86. The van der Waals surface area contributed by atoms with Crippen LogP contribution in [0.25, 0.3) is 10.9 Å². The first-order valence-electron chi connectivity index (χ1n) is 7.94. The van der Waals surface area contributed by atoms with Gasteiger partial charge in [0.1, 0.15) is 0 Å². The van der Waals surface area contributed by atoms with Crippen molar-refractivity contribution >= 4 is 22.6 Å². The second-order valence-corrected chi connectivity index (χ2v) is 6.17. The van der Waals surface area contributed by atoms with Gasteiger partial charge in [0, 0.05) is 17.6 Å². The molecule has 1 aliphatic rings. The number of benzene rings is 1. The second-order valence-electron chi connectivity index (χ2n) is 6.17. The molecule has 0 unspecified atom stereocenters. The molecule has 1 fully saturated rings. The van der Waals surface area contributed by atoms with Crippen LogP contribution < -0.4 is 0 Å². The molecule has 1 heterocycles. The Kier molecular flexibility index (Phi) is 4.65. The van der Waals surface area contributed by atoms with Gasteiger partial charge in [-0.1, -0.05) is 0 Å². The second kappa shape index (κ2) is 6.73. The molecule has 7 nitrogen and oxygen atoms in total. The normalized spacial score (nSPS) is 20.8. The predicted octanol–water partition coefficient (Wildman–Crippen LogP) is 3.79. The standard InChI is InChI=1S/C16H17F2N3O4/c1-25-16(22)9-2-4-11(5-3-9)20-8-10-6-14(21(23)24)12(15(17)18)7-13(10)19-20/h6-9,11,15H,2-5H2,1H3. The highest BCUT2D eigenvalue weighted by Gasteiger charge is 2.29. The minimum atomic E-state index is -2.94. The number of alkyl halides is 2. The Morgan fingerprint density at radius 3 is 2.60 bits per heavy atom. The maximum Gasteiger partial charge on any atom is 0.308 e. The molecule has 134 valence electrons. The molecule has 0 amide bonds. The van der Waals surface area contributed by atoms with Crippen LogP contribution >= 0.6 is 0 Å². The van der Waals surface area contributed by atoms with Gasteiger partial charge in [-0.05, 0) is 31.7 Å². The number of hydrogen-bond donors (Lipinski definition) is 0. The van der Waals surface area contributed by atoms with E-state index in [-0.39, 0.29) is 17.9 Å². The number of aromatic nitrogens is 2. The molecular weight excluding hydrogens is 336 g/mol. The summed E-state index contributed by atoms with van der Waals surface area (Å²) >= 11 is 0. The van der Waals surface area contributed by atoms with Gasteiger partial charge >= 0.3 is 5.97 Å². The molecule has 0 aliphatic heterocycles. The van der Waals surface area contributed by atoms with Gasteiger partial charge in [0.25, 0.3) is 12.1 Å². The molecule has 0 atom stereocenters. The lowest BCUT2D eigenvalue weighted by Gasteiger charge is -2.26. The molecule has 1 aromatic carbocycles. The molecule has 0 N–H and O–H groups in total. The zero-order valence-electron chi connectivity index (χ0n) is 13.5. The lowest BCUT2D eigenvalue weighted by Crippen LogP contribution is -2.24. The fourth-order valence-corrected chi connectivity index (χ4v) is 3.36. The fourth-order valence-electron chi connectivity index (χ4n) is 3.36. The summed E-state index contributed by atoms with van der Waals surface area (Å²) < 4.78 is 32.5. The van der Waals surface area contributed by atoms with E-state index < -0.39 is 22.6 Å². The number of hydrogen-bond acceptors (Lipinski definition) is 5. The van der Waals surface area contributed by atoms with Gasteiger partial charge in [0.05, 0.1) is 35.1 Å². The van der Waals surface area contributed by atoms with Crippen LogP contribution in [0.4, 0.5) is 14.5 Å². The third kappa shape index (κ3) is 3.31. The smallest absolute Gasteiger partial charge is 0.308 e. The minimum Gasteiger partial charge on any atom is -0.469 e. The number of methoxy groups -OCH3 is 1. The Morgan fingerprint density at radius 2 is 2.04 bits per heavy atom. The maximum atomic E-state index is 13.0. The van der Waals surface area contributed by atoms with Gasteiger partial charge in [0.2, 0.25) is 0 Å². The molecule has 2 aromatic rings.